The zero-order valence-corrected chi connectivity index (χ0v) is 13.6. The Labute approximate surface area is 132 Å². The Hall–Kier alpha value is -2.04. The summed E-state index contributed by atoms with van der Waals surface area (Å²) < 4.78 is 5.74. The molecule has 0 amide bonds. The summed E-state index contributed by atoms with van der Waals surface area (Å²) in [5.74, 6) is 1.66. The van der Waals surface area contributed by atoms with Gasteiger partial charge in [-0.3, -0.25) is 0 Å². The van der Waals surface area contributed by atoms with Crippen molar-refractivity contribution in [2.75, 3.05) is 19.7 Å². The van der Waals surface area contributed by atoms with E-state index in [1.165, 1.54) is 19.3 Å². The lowest BCUT2D eigenvalue weighted by Gasteiger charge is -2.07. The number of hydrogen-bond donors (Lipinski definition) is 2. The number of nitrogens with one attached hydrogen (secondary N) is 2. The van der Waals surface area contributed by atoms with Crippen molar-refractivity contribution in [2.45, 2.75) is 39.5 Å². The molecule has 0 aromatic heterocycles. The maximum absolute atomic E-state index is 5.74. The lowest BCUT2D eigenvalue weighted by molar-refractivity contribution is 0.305. The molecule has 1 aromatic rings. The molecule has 0 atom stereocenters. The number of hydrogen-bond acceptors (Lipinski definition) is 5. The van der Waals surface area contributed by atoms with E-state index in [0.29, 0.717) is 0 Å². The summed E-state index contributed by atoms with van der Waals surface area (Å²) >= 11 is 0. The van der Waals surface area contributed by atoms with Crippen LogP contribution in [0, 0.1) is 0 Å². The quantitative estimate of drug-likeness (QED) is 0.441. The van der Waals surface area contributed by atoms with E-state index in [4.69, 9.17) is 4.74 Å². The zero-order valence-electron chi connectivity index (χ0n) is 13.6. The molecule has 2 rings (SSSR count). The van der Waals surface area contributed by atoms with E-state index in [1.54, 1.807) is 0 Å². The van der Waals surface area contributed by atoms with Gasteiger partial charge in [-0.1, -0.05) is 26.2 Å². The molecule has 0 radical (unpaired) electrons. The van der Waals surface area contributed by atoms with Gasteiger partial charge in [-0.2, -0.15) is 5.10 Å². The molecule has 0 spiro atoms. The number of hydrazone groups is 1. The first-order valence-corrected chi connectivity index (χ1v) is 8.11. The fraction of sp³-hybridized carbons (Fsp3) is 0.529. The largest absolute Gasteiger partial charge is 0.494 e. The van der Waals surface area contributed by atoms with Crippen LogP contribution in [0.3, 0.4) is 0 Å². The molecule has 0 saturated carbocycles. The third-order valence-electron chi connectivity index (χ3n) is 3.54. The van der Waals surface area contributed by atoms with Crippen LogP contribution in [0.25, 0.3) is 0 Å². The van der Waals surface area contributed by atoms with Crippen molar-refractivity contribution in [1.82, 2.24) is 10.7 Å². The average Bonchev–Trinajstić information content (AvgIpc) is 3.06. The van der Waals surface area contributed by atoms with Crippen LogP contribution in [0.15, 0.2) is 34.4 Å². The van der Waals surface area contributed by atoms with Gasteiger partial charge in [0, 0.05) is 6.54 Å². The summed E-state index contributed by atoms with van der Waals surface area (Å²) in [5.41, 5.74) is 4.94. The summed E-state index contributed by atoms with van der Waals surface area (Å²) in [6, 6.07) is 8.07. The van der Waals surface area contributed by atoms with Crippen LogP contribution in [-0.4, -0.2) is 31.4 Å². The molecular weight excluding hydrogens is 276 g/mol. The lowest BCUT2D eigenvalue weighted by Crippen LogP contribution is -2.30. The zero-order chi connectivity index (χ0) is 15.6. The van der Waals surface area contributed by atoms with Crippen molar-refractivity contribution in [3.63, 3.8) is 0 Å². The number of unbranched alkanes of at least 4 members (excludes halogenated alkanes) is 3. The molecule has 2 N–H and O–H groups in total. The number of guanidine groups is 1. The number of rotatable bonds is 8. The Bertz CT molecular complexity index is 508. The van der Waals surface area contributed by atoms with Crippen molar-refractivity contribution in [3.8, 4) is 5.75 Å². The van der Waals surface area contributed by atoms with Crippen LogP contribution in [-0.2, 0) is 0 Å². The van der Waals surface area contributed by atoms with Gasteiger partial charge < -0.3 is 10.1 Å². The first-order valence-electron chi connectivity index (χ1n) is 8.11. The highest BCUT2D eigenvalue weighted by Crippen LogP contribution is 2.13. The van der Waals surface area contributed by atoms with Crippen LogP contribution in [0.2, 0.25) is 0 Å². The number of benzene rings is 1. The molecule has 0 fully saturated rings. The van der Waals surface area contributed by atoms with E-state index in [9.17, 15) is 0 Å². The molecule has 0 aliphatic carbocycles. The van der Waals surface area contributed by atoms with E-state index in [-0.39, 0.29) is 0 Å². The number of nitrogens with zero attached hydrogens (tertiary/aromatic N) is 2. The minimum atomic E-state index is 0.742. The highest BCUT2D eigenvalue weighted by molar-refractivity contribution is 5.99. The minimum Gasteiger partial charge on any atom is -0.494 e. The fourth-order valence-corrected chi connectivity index (χ4v) is 2.19. The van der Waals surface area contributed by atoms with E-state index in [1.807, 2.05) is 31.2 Å². The van der Waals surface area contributed by atoms with Gasteiger partial charge in [-0.15, -0.1) is 0 Å². The van der Waals surface area contributed by atoms with Crippen molar-refractivity contribution in [2.24, 2.45) is 10.1 Å². The van der Waals surface area contributed by atoms with Crippen LogP contribution < -0.4 is 15.5 Å². The molecule has 1 aliphatic rings. The fourth-order valence-electron chi connectivity index (χ4n) is 2.19. The number of aliphatic imine (C=N–C) groups is 1. The maximum Gasteiger partial charge on any atom is 0.212 e. The van der Waals surface area contributed by atoms with Gasteiger partial charge in [-0.05, 0) is 43.2 Å². The summed E-state index contributed by atoms with van der Waals surface area (Å²) in [5, 5.41) is 7.46. The Kier molecular flexibility index (Phi) is 6.74. The molecule has 1 aromatic carbocycles. The second-order valence-electron chi connectivity index (χ2n) is 5.40. The van der Waals surface area contributed by atoms with E-state index >= 15 is 0 Å². The van der Waals surface area contributed by atoms with Crippen LogP contribution in [0.4, 0.5) is 0 Å². The highest BCUT2D eigenvalue weighted by atomic mass is 16.5. The molecule has 5 nitrogen and oxygen atoms in total. The Morgan fingerprint density at radius 1 is 1.27 bits per heavy atom. The molecule has 0 unspecified atom stereocenters. The molecule has 1 aliphatic heterocycles. The third-order valence-corrected chi connectivity index (χ3v) is 3.54. The maximum atomic E-state index is 5.74. The van der Waals surface area contributed by atoms with Crippen molar-refractivity contribution < 1.29 is 4.74 Å². The van der Waals surface area contributed by atoms with Gasteiger partial charge in [-0.25, -0.2) is 10.4 Å². The predicted molar refractivity (Wildman–Crippen MR) is 91.7 cm³/mol. The molecule has 0 bridgehead atoms. The molecular formula is C17H26N4O. The highest BCUT2D eigenvalue weighted by Gasteiger charge is 2.03. The summed E-state index contributed by atoms with van der Waals surface area (Å²) in [6.07, 6.45) is 4.90. The topological polar surface area (TPSA) is 58.0 Å². The van der Waals surface area contributed by atoms with Gasteiger partial charge in [0.1, 0.15) is 5.75 Å². The second kappa shape index (κ2) is 9.07. The van der Waals surface area contributed by atoms with Crippen molar-refractivity contribution in [3.05, 3.63) is 29.8 Å². The summed E-state index contributed by atoms with van der Waals surface area (Å²) in [4.78, 5) is 4.24. The average molecular weight is 302 g/mol. The standard InChI is InChI=1S/C17H26N4O/c1-3-4-5-6-13-22-16-9-7-15(8-10-16)14(2)20-21-17-18-11-12-19-17/h7-10H,3-6,11-13H2,1-2H3,(H2,18,19,21)/b20-14-. The van der Waals surface area contributed by atoms with Gasteiger partial charge in [0.25, 0.3) is 0 Å². The van der Waals surface area contributed by atoms with Gasteiger partial charge in [0.15, 0.2) is 0 Å². The Morgan fingerprint density at radius 3 is 2.77 bits per heavy atom. The first kappa shape index (κ1) is 16.3. The van der Waals surface area contributed by atoms with E-state index in [2.05, 4.69) is 27.8 Å². The lowest BCUT2D eigenvalue weighted by atomic mass is 10.1. The molecule has 22 heavy (non-hydrogen) atoms. The third kappa shape index (κ3) is 5.39. The van der Waals surface area contributed by atoms with Crippen molar-refractivity contribution >= 4 is 11.7 Å². The van der Waals surface area contributed by atoms with E-state index < -0.39 is 0 Å². The second-order valence-corrected chi connectivity index (χ2v) is 5.40. The molecule has 5 heteroatoms. The van der Waals surface area contributed by atoms with Gasteiger partial charge >= 0.3 is 0 Å². The van der Waals surface area contributed by atoms with Crippen LogP contribution in [0.5, 0.6) is 5.75 Å². The van der Waals surface area contributed by atoms with Crippen LogP contribution in [0.1, 0.15) is 45.1 Å². The van der Waals surface area contributed by atoms with E-state index in [0.717, 1.165) is 49.1 Å². The summed E-state index contributed by atoms with van der Waals surface area (Å²) in [7, 11) is 0. The number of ether oxygens (including phenoxy) is 1. The molecule has 1 heterocycles. The predicted octanol–water partition coefficient (Wildman–Crippen LogP) is 2.92. The Balaban J connectivity index is 1.78. The van der Waals surface area contributed by atoms with Gasteiger partial charge in [0.05, 0.1) is 18.9 Å². The van der Waals surface area contributed by atoms with Crippen molar-refractivity contribution in [1.29, 1.82) is 0 Å². The van der Waals surface area contributed by atoms with Gasteiger partial charge in [0.2, 0.25) is 5.96 Å². The Morgan fingerprint density at radius 2 is 2.09 bits per heavy atom. The monoisotopic (exact) mass is 302 g/mol. The first-order chi connectivity index (χ1) is 10.8. The molecule has 120 valence electrons. The minimum absolute atomic E-state index is 0.742. The smallest absolute Gasteiger partial charge is 0.212 e. The molecule has 0 saturated heterocycles. The van der Waals surface area contributed by atoms with Crippen LogP contribution >= 0.6 is 0 Å². The normalized spacial score (nSPS) is 14.5. The SMILES string of the molecule is CCCCCCOc1ccc(/C(C)=N\NC2=NCCN2)cc1. The summed E-state index contributed by atoms with van der Waals surface area (Å²) in [6.45, 7) is 6.67.